The summed E-state index contributed by atoms with van der Waals surface area (Å²) in [6.45, 7) is 5.70. The van der Waals surface area contributed by atoms with E-state index in [-0.39, 0.29) is 5.97 Å². The van der Waals surface area contributed by atoms with E-state index in [1.807, 2.05) is 43.3 Å². The van der Waals surface area contributed by atoms with Crippen molar-refractivity contribution in [3.8, 4) is 11.5 Å². The number of nitrogens with zero attached hydrogens (tertiary/aromatic N) is 3. The second-order valence-corrected chi connectivity index (χ2v) is 9.77. The average Bonchev–Trinajstić information content (AvgIpc) is 2.89. The van der Waals surface area contributed by atoms with E-state index in [1.54, 1.807) is 7.11 Å². The maximum atomic E-state index is 11.8. The maximum absolute atomic E-state index is 11.8. The molecule has 0 unspecified atom stereocenters. The first kappa shape index (κ1) is 27.1. The molecule has 1 aliphatic rings. The minimum Gasteiger partial charge on any atom is -0.489 e. The van der Waals surface area contributed by atoms with Gasteiger partial charge in [0.1, 0.15) is 18.8 Å². The highest BCUT2D eigenvalue weighted by molar-refractivity contribution is 9.10. The standard InChI is InChI=1S/C27H33BrN4O5/c1-3-35-26(33)16-32-9-7-19(8-10-32)17-37-25-15-23-22(14-24(25)36-12-11-34-2)27(30-18-29-23)31-21-6-4-5-20(28)13-21/h4-6,13-15,18-19H,3,7-12,16-17H2,1-2H3,(H,29,30,31). The molecule has 3 aromatic rings. The van der Waals surface area contributed by atoms with Crippen molar-refractivity contribution in [1.82, 2.24) is 14.9 Å². The van der Waals surface area contributed by atoms with Crippen LogP contribution in [0.25, 0.3) is 10.9 Å². The van der Waals surface area contributed by atoms with Gasteiger partial charge in [-0.1, -0.05) is 22.0 Å². The molecule has 198 valence electrons. The smallest absolute Gasteiger partial charge is 0.320 e. The molecule has 9 nitrogen and oxygen atoms in total. The lowest BCUT2D eigenvalue weighted by atomic mass is 9.98. The number of carbonyl (C=O) groups excluding carboxylic acids is 1. The Labute approximate surface area is 225 Å². The third-order valence-corrected chi connectivity index (χ3v) is 6.67. The van der Waals surface area contributed by atoms with Crippen LogP contribution in [0.3, 0.4) is 0 Å². The molecule has 0 amide bonds. The summed E-state index contributed by atoms with van der Waals surface area (Å²) >= 11 is 3.51. The summed E-state index contributed by atoms with van der Waals surface area (Å²) in [6.07, 6.45) is 3.45. The fourth-order valence-electron chi connectivity index (χ4n) is 4.24. The van der Waals surface area contributed by atoms with Crippen molar-refractivity contribution >= 4 is 44.3 Å². The monoisotopic (exact) mass is 572 g/mol. The number of nitrogens with one attached hydrogen (secondary N) is 1. The first-order valence-electron chi connectivity index (χ1n) is 12.5. The molecule has 4 rings (SSSR count). The molecule has 10 heteroatoms. The van der Waals surface area contributed by atoms with Crippen LogP contribution in [-0.2, 0) is 14.3 Å². The Bertz CT molecular complexity index is 1190. The molecule has 1 aromatic heterocycles. The van der Waals surface area contributed by atoms with E-state index in [2.05, 4.69) is 36.1 Å². The summed E-state index contributed by atoms with van der Waals surface area (Å²) in [6, 6.07) is 11.7. The molecule has 1 aliphatic heterocycles. The van der Waals surface area contributed by atoms with Gasteiger partial charge in [-0.3, -0.25) is 9.69 Å². The van der Waals surface area contributed by atoms with Crippen molar-refractivity contribution in [3.05, 3.63) is 47.2 Å². The van der Waals surface area contributed by atoms with Crippen LogP contribution in [0, 0.1) is 5.92 Å². The van der Waals surface area contributed by atoms with Gasteiger partial charge in [-0.05, 0) is 63.0 Å². The molecule has 1 fully saturated rings. The fourth-order valence-corrected chi connectivity index (χ4v) is 4.63. The number of anilines is 2. The van der Waals surface area contributed by atoms with E-state index in [1.165, 1.54) is 6.33 Å². The Kier molecular flexibility index (Phi) is 9.92. The first-order valence-corrected chi connectivity index (χ1v) is 13.3. The molecule has 2 aromatic carbocycles. The molecule has 0 spiro atoms. The molecule has 2 heterocycles. The number of aromatic nitrogens is 2. The van der Waals surface area contributed by atoms with Crippen molar-refractivity contribution in [1.29, 1.82) is 0 Å². The van der Waals surface area contributed by atoms with Gasteiger partial charge in [-0.15, -0.1) is 0 Å². The second-order valence-electron chi connectivity index (χ2n) is 8.85. The maximum Gasteiger partial charge on any atom is 0.320 e. The number of hydrogen-bond donors (Lipinski definition) is 1. The van der Waals surface area contributed by atoms with Gasteiger partial charge >= 0.3 is 5.97 Å². The Morgan fingerprint density at radius 1 is 1.11 bits per heavy atom. The zero-order chi connectivity index (χ0) is 26.0. The molecule has 0 saturated carbocycles. The normalized spacial score (nSPS) is 14.5. The van der Waals surface area contributed by atoms with Gasteiger partial charge in [0.15, 0.2) is 11.5 Å². The zero-order valence-corrected chi connectivity index (χ0v) is 22.8. The van der Waals surface area contributed by atoms with Crippen LogP contribution in [0.4, 0.5) is 11.5 Å². The van der Waals surface area contributed by atoms with Crippen LogP contribution >= 0.6 is 15.9 Å². The summed E-state index contributed by atoms with van der Waals surface area (Å²) in [7, 11) is 1.64. The van der Waals surface area contributed by atoms with E-state index in [0.29, 0.717) is 56.2 Å². The molecular weight excluding hydrogens is 540 g/mol. The zero-order valence-electron chi connectivity index (χ0n) is 21.2. The Morgan fingerprint density at radius 3 is 2.68 bits per heavy atom. The van der Waals surface area contributed by atoms with E-state index >= 15 is 0 Å². The average molecular weight is 573 g/mol. The van der Waals surface area contributed by atoms with Crippen LogP contribution in [-0.4, -0.2) is 74.0 Å². The number of likely N-dealkylation sites (tertiary alicyclic amines) is 1. The lowest BCUT2D eigenvalue weighted by Crippen LogP contribution is -2.39. The number of carbonyl (C=O) groups is 1. The van der Waals surface area contributed by atoms with Crippen LogP contribution in [0.5, 0.6) is 11.5 Å². The molecule has 0 aliphatic carbocycles. The third kappa shape index (κ3) is 7.77. The van der Waals surface area contributed by atoms with E-state index < -0.39 is 0 Å². The van der Waals surface area contributed by atoms with E-state index in [9.17, 15) is 4.79 Å². The molecule has 0 atom stereocenters. The Morgan fingerprint density at radius 2 is 1.92 bits per heavy atom. The SMILES string of the molecule is CCOC(=O)CN1CCC(COc2cc3ncnc(Nc4cccc(Br)c4)c3cc2OCCOC)CC1. The van der Waals surface area contributed by atoms with Crippen molar-refractivity contribution < 1.29 is 23.7 Å². The van der Waals surface area contributed by atoms with Crippen LogP contribution in [0.15, 0.2) is 47.2 Å². The number of piperidine rings is 1. The lowest BCUT2D eigenvalue weighted by molar-refractivity contribution is -0.144. The van der Waals surface area contributed by atoms with E-state index in [0.717, 1.165) is 47.0 Å². The molecule has 37 heavy (non-hydrogen) atoms. The van der Waals surface area contributed by atoms with Crippen LogP contribution < -0.4 is 14.8 Å². The number of esters is 1. The lowest BCUT2D eigenvalue weighted by Gasteiger charge is -2.31. The number of rotatable bonds is 12. The van der Waals surface area contributed by atoms with Crippen molar-refractivity contribution in [2.24, 2.45) is 5.92 Å². The summed E-state index contributed by atoms with van der Waals surface area (Å²) in [5.41, 5.74) is 1.66. The Hall–Kier alpha value is -2.95. The van der Waals surface area contributed by atoms with Gasteiger partial charge in [0.25, 0.3) is 0 Å². The molecule has 1 saturated heterocycles. The predicted molar refractivity (Wildman–Crippen MR) is 146 cm³/mol. The van der Waals surface area contributed by atoms with Crippen LogP contribution in [0.1, 0.15) is 19.8 Å². The fraction of sp³-hybridized carbons (Fsp3) is 0.444. The number of benzene rings is 2. The van der Waals surface area contributed by atoms with Gasteiger partial charge in [-0.2, -0.15) is 0 Å². The highest BCUT2D eigenvalue weighted by atomic mass is 79.9. The van der Waals surface area contributed by atoms with E-state index in [4.69, 9.17) is 18.9 Å². The highest BCUT2D eigenvalue weighted by Gasteiger charge is 2.22. The number of hydrogen-bond acceptors (Lipinski definition) is 9. The summed E-state index contributed by atoms with van der Waals surface area (Å²) in [5, 5.41) is 4.20. The second kappa shape index (κ2) is 13.6. The minimum atomic E-state index is -0.165. The Balaban J connectivity index is 1.47. The highest BCUT2D eigenvalue weighted by Crippen LogP contribution is 2.36. The first-order chi connectivity index (χ1) is 18.1. The quantitative estimate of drug-likeness (QED) is 0.242. The van der Waals surface area contributed by atoms with Gasteiger partial charge in [0, 0.05) is 28.7 Å². The van der Waals surface area contributed by atoms with Crippen molar-refractivity contribution in [3.63, 3.8) is 0 Å². The topological polar surface area (TPSA) is 95.0 Å². The molecule has 0 bridgehead atoms. The largest absolute Gasteiger partial charge is 0.489 e. The summed E-state index contributed by atoms with van der Waals surface area (Å²) < 4.78 is 23.5. The number of halogens is 1. The summed E-state index contributed by atoms with van der Waals surface area (Å²) in [4.78, 5) is 22.8. The van der Waals surface area contributed by atoms with Gasteiger partial charge in [-0.25, -0.2) is 9.97 Å². The number of methoxy groups -OCH3 is 1. The molecule has 0 radical (unpaired) electrons. The van der Waals surface area contributed by atoms with Gasteiger partial charge in [0.05, 0.1) is 31.9 Å². The number of ether oxygens (including phenoxy) is 4. The predicted octanol–water partition coefficient (Wildman–Crippen LogP) is 4.82. The molecular formula is C27H33BrN4O5. The summed E-state index contributed by atoms with van der Waals surface area (Å²) in [5.74, 6) is 2.17. The van der Waals surface area contributed by atoms with Gasteiger partial charge in [0.2, 0.25) is 0 Å². The van der Waals surface area contributed by atoms with Gasteiger partial charge < -0.3 is 24.3 Å². The van der Waals surface area contributed by atoms with Crippen molar-refractivity contribution in [2.45, 2.75) is 19.8 Å². The number of fused-ring (bicyclic) bond motifs is 1. The van der Waals surface area contributed by atoms with Crippen LogP contribution in [0.2, 0.25) is 0 Å². The third-order valence-electron chi connectivity index (χ3n) is 6.17. The van der Waals surface area contributed by atoms with Crippen molar-refractivity contribution in [2.75, 3.05) is 58.5 Å². The minimum absolute atomic E-state index is 0.165. The molecule has 1 N–H and O–H groups in total.